The molecule has 4 heteroatoms. The van der Waals surface area contributed by atoms with Crippen LogP contribution in [0.2, 0.25) is 0 Å². The molecule has 3 nitrogen and oxygen atoms in total. The number of alkyl halides is 1. The Hall–Kier alpha value is -0.190. The quantitative estimate of drug-likeness (QED) is 0.499. The molecule has 23 heavy (non-hydrogen) atoms. The predicted molar refractivity (Wildman–Crippen MR) is 92.1 cm³/mol. The highest BCUT2D eigenvalue weighted by molar-refractivity contribution is 9.10. The first kappa shape index (κ1) is 16.3. The summed E-state index contributed by atoms with van der Waals surface area (Å²) in [7, 11) is 0. The number of hydrogen-bond acceptors (Lipinski definition) is 3. The zero-order chi connectivity index (χ0) is 16.6. The second-order valence-electron chi connectivity index (χ2n) is 8.84. The van der Waals surface area contributed by atoms with Gasteiger partial charge in [-0.25, -0.2) is 0 Å². The summed E-state index contributed by atoms with van der Waals surface area (Å²) in [6.07, 6.45) is 7.78. The van der Waals surface area contributed by atoms with Crippen molar-refractivity contribution >= 4 is 21.7 Å². The molecule has 0 heterocycles. The van der Waals surface area contributed by atoms with Crippen molar-refractivity contribution in [3.63, 3.8) is 0 Å². The number of allylic oxidation sites excluding steroid dienone is 1. The fourth-order valence-electron chi connectivity index (χ4n) is 6.51. The van der Waals surface area contributed by atoms with Crippen LogP contribution in [0, 0.1) is 34.5 Å². The molecule has 4 aliphatic carbocycles. The van der Waals surface area contributed by atoms with E-state index in [2.05, 4.69) is 35.9 Å². The number of ketones is 1. The Morgan fingerprint density at radius 2 is 1.91 bits per heavy atom. The summed E-state index contributed by atoms with van der Waals surface area (Å²) in [6, 6.07) is 0. The molecule has 0 bridgehead atoms. The van der Waals surface area contributed by atoms with Crippen LogP contribution in [-0.2, 0) is 4.79 Å². The third kappa shape index (κ3) is 2.10. The number of fused-ring (bicyclic) bond motifs is 5. The van der Waals surface area contributed by atoms with Gasteiger partial charge >= 0.3 is 0 Å². The van der Waals surface area contributed by atoms with Crippen molar-refractivity contribution in [2.45, 2.75) is 63.0 Å². The van der Waals surface area contributed by atoms with Crippen LogP contribution in [-0.4, -0.2) is 33.0 Å². The van der Waals surface area contributed by atoms with Crippen LogP contribution in [0.15, 0.2) is 12.2 Å². The van der Waals surface area contributed by atoms with Crippen LogP contribution >= 0.6 is 15.9 Å². The van der Waals surface area contributed by atoms with Crippen LogP contribution in [0.25, 0.3) is 0 Å². The minimum absolute atomic E-state index is 0.0438. The molecule has 3 saturated carbocycles. The Morgan fingerprint density at radius 3 is 2.65 bits per heavy atom. The van der Waals surface area contributed by atoms with Crippen molar-refractivity contribution < 1.29 is 15.0 Å². The molecule has 0 aliphatic heterocycles. The average Bonchev–Trinajstić information content (AvgIpc) is 2.73. The Bertz CT molecular complexity index is 561. The lowest BCUT2D eigenvalue weighted by Gasteiger charge is -2.59. The normalized spacial score (nSPS) is 58.5. The number of rotatable bonds is 0. The largest absolute Gasteiger partial charge is 0.393 e. The molecule has 1 unspecified atom stereocenters. The molecule has 0 spiro atoms. The first-order valence-electron chi connectivity index (χ1n) is 9.01. The molecule has 2 N–H and O–H groups in total. The van der Waals surface area contributed by atoms with E-state index in [1.165, 1.54) is 0 Å². The Labute approximate surface area is 146 Å². The molecule has 128 valence electrons. The number of Topliss-reactive ketones (excluding diaryl/α,β-unsaturated/α-hetero) is 1. The Balaban J connectivity index is 1.73. The molecule has 4 aliphatic rings. The SMILES string of the molecule is C[C@]12C=C[C@@H](O)CC1C[C@@H](O)[C@@H]1[C@@H]2CC[C@]2(C)C(=O)[C@H](Br)C[C@@H]12. The van der Waals surface area contributed by atoms with Crippen LogP contribution in [0.4, 0.5) is 0 Å². The van der Waals surface area contributed by atoms with Gasteiger partial charge in [0.25, 0.3) is 0 Å². The fraction of sp³-hybridized carbons (Fsp3) is 0.842. The van der Waals surface area contributed by atoms with Gasteiger partial charge in [0.1, 0.15) is 0 Å². The summed E-state index contributed by atoms with van der Waals surface area (Å²) in [5.41, 5.74) is -0.213. The van der Waals surface area contributed by atoms with Gasteiger partial charge in [-0.3, -0.25) is 4.79 Å². The molecule has 4 rings (SSSR count). The summed E-state index contributed by atoms with van der Waals surface area (Å²) < 4.78 is 0. The number of aliphatic hydroxyl groups excluding tert-OH is 2. The van der Waals surface area contributed by atoms with Crippen LogP contribution in [0.3, 0.4) is 0 Å². The van der Waals surface area contributed by atoms with E-state index in [0.717, 1.165) is 32.1 Å². The number of carbonyl (C=O) groups is 1. The number of carbonyl (C=O) groups excluding carboxylic acids is 1. The summed E-state index contributed by atoms with van der Waals surface area (Å²) in [4.78, 5) is 12.6. The third-order valence-electron chi connectivity index (χ3n) is 7.88. The highest BCUT2D eigenvalue weighted by atomic mass is 79.9. The van der Waals surface area contributed by atoms with Crippen LogP contribution in [0.1, 0.15) is 46.0 Å². The van der Waals surface area contributed by atoms with E-state index >= 15 is 0 Å². The molecule has 0 amide bonds. The molecule has 0 radical (unpaired) electrons. The van der Waals surface area contributed by atoms with E-state index in [0.29, 0.717) is 17.6 Å². The molecule has 0 saturated heterocycles. The van der Waals surface area contributed by atoms with Gasteiger partial charge in [-0.05, 0) is 61.2 Å². The molecular weight excluding hydrogens is 356 g/mol. The van der Waals surface area contributed by atoms with Crippen molar-refractivity contribution in [3.05, 3.63) is 12.2 Å². The van der Waals surface area contributed by atoms with Gasteiger partial charge in [0.05, 0.1) is 17.0 Å². The van der Waals surface area contributed by atoms with Crippen molar-refractivity contribution in [2.75, 3.05) is 0 Å². The maximum atomic E-state index is 12.7. The van der Waals surface area contributed by atoms with Gasteiger partial charge in [0, 0.05) is 5.41 Å². The third-order valence-corrected chi connectivity index (χ3v) is 8.67. The van der Waals surface area contributed by atoms with Gasteiger partial charge in [0.2, 0.25) is 0 Å². The predicted octanol–water partition coefficient (Wildman–Crippen LogP) is 3.08. The maximum Gasteiger partial charge on any atom is 0.152 e. The monoisotopic (exact) mass is 382 g/mol. The van der Waals surface area contributed by atoms with Crippen LogP contribution in [0.5, 0.6) is 0 Å². The van der Waals surface area contributed by atoms with Crippen molar-refractivity contribution in [1.82, 2.24) is 0 Å². The Kier molecular flexibility index (Phi) is 3.65. The standard InChI is InChI=1S/C19H27BrO3/c1-18-5-3-11(21)7-10(18)8-15(22)16-12(18)4-6-19(2)13(16)9-14(20)17(19)23/h3,5,10-16,21-22H,4,6-9H2,1-2H3/t10?,11-,12+,13+,14-,15-,16-,18+,19+/m1/s1. The fourth-order valence-corrected chi connectivity index (χ4v) is 7.44. The highest BCUT2D eigenvalue weighted by Gasteiger charge is 2.63. The minimum Gasteiger partial charge on any atom is -0.393 e. The lowest BCUT2D eigenvalue weighted by molar-refractivity contribution is -0.150. The molecule has 0 aromatic heterocycles. The summed E-state index contributed by atoms with van der Waals surface area (Å²) in [6.45, 7) is 4.44. The molecule has 9 atom stereocenters. The first-order valence-corrected chi connectivity index (χ1v) is 9.93. The van der Waals surface area contributed by atoms with Crippen molar-refractivity contribution in [1.29, 1.82) is 0 Å². The number of halogens is 1. The van der Waals surface area contributed by atoms with Crippen LogP contribution < -0.4 is 0 Å². The number of aliphatic hydroxyl groups is 2. The lowest BCUT2D eigenvalue weighted by atomic mass is 9.45. The van der Waals surface area contributed by atoms with E-state index < -0.39 is 0 Å². The zero-order valence-corrected chi connectivity index (χ0v) is 15.5. The number of hydrogen-bond donors (Lipinski definition) is 2. The molecule has 0 aromatic carbocycles. The maximum absolute atomic E-state index is 12.7. The van der Waals surface area contributed by atoms with Gasteiger partial charge in [-0.15, -0.1) is 0 Å². The molecule has 0 aromatic rings. The van der Waals surface area contributed by atoms with E-state index in [1.807, 2.05) is 6.08 Å². The summed E-state index contributed by atoms with van der Waals surface area (Å²) in [5, 5.41) is 20.9. The zero-order valence-electron chi connectivity index (χ0n) is 13.9. The average molecular weight is 383 g/mol. The summed E-state index contributed by atoms with van der Waals surface area (Å²) >= 11 is 3.58. The van der Waals surface area contributed by atoms with Crippen molar-refractivity contribution in [3.8, 4) is 0 Å². The van der Waals surface area contributed by atoms with E-state index in [1.54, 1.807) is 0 Å². The first-order chi connectivity index (χ1) is 10.8. The minimum atomic E-state index is -0.370. The van der Waals surface area contributed by atoms with Gasteiger partial charge < -0.3 is 10.2 Å². The van der Waals surface area contributed by atoms with Crippen molar-refractivity contribution in [2.24, 2.45) is 34.5 Å². The van der Waals surface area contributed by atoms with E-state index in [-0.39, 0.29) is 39.7 Å². The van der Waals surface area contributed by atoms with Gasteiger partial charge in [0.15, 0.2) is 5.78 Å². The topological polar surface area (TPSA) is 57.5 Å². The lowest BCUT2D eigenvalue weighted by Crippen LogP contribution is -2.57. The second kappa shape index (κ2) is 5.15. The molecule has 3 fully saturated rings. The second-order valence-corrected chi connectivity index (χ2v) is 9.95. The summed E-state index contributed by atoms with van der Waals surface area (Å²) in [5.74, 6) is 1.60. The van der Waals surface area contributed by atoms with E-state index in [9.17, 15) is 15.0 Å². The van der Waals surface area contributed by atoms with E-state index in [4.69, 9.17) is 0 Å². The molecular formula is C19H27BrO3. The van der Waals surface area contributed by atoms with Gasteiger partial charge in [-0.2, -0.15) is 0 Å². The Morgan fingerprint density at radius 1 is 1.17 bits per heavy atom. The highest BCUT2D eigenvalue weighted by Crippen LogP contribution is 2.64. The van der Waals surface area contributed by atoms with Gasteiger partial charge in [-0.1, -0.05) is 41.9 Å². The smallest absolute Gasteiger partial charge is 0.152 e.